The molecule has 0 fully saturated rings. The minimum atomic E-state index is -3.91. The first-order chi connectivity index (χ1) is 10.8. The number of pyridine rings is 1. The van der Waals surface area contributed by atoms with E-state index < -0.39 is 15.9 Å². The van der Waals surface area contributed by atoms with Crippen LogP contribution in [0.25, 0.3) is 0 Å². The van der Waals surface area contributed by atoms with Crippen molar-refractivity contribution in [2.75, 3.05) is 7.11 Å². The molecule has 1 aromatic carbocycles. The van der Waals surface area contributed by atoms with Gasteiger partial charge in [0, 0.05) is 12.4 Å². The van der Waals surface area contributed by atoms with Gasteiger partial charge >= 0.3 is 0 Å². The molecule has 1 amide bonds. The van der Waals surface area contributed by atoms with Crippen molar-refractivity contribution in [2.24, 2.45) is 5.14 Å². The number of nitrogens with two attached hydrogens (primary N) is 1. The van der Waals surface area contributed by atoms with Gasteiger partial charge in [0.1, 0.15) is 5.75 Å². The highest BCUT2D eigenvalue weighted by atomic mass is 32.2. The topological polar surface area (TPSA) is 111 Å². The normalized spacial score (nSPS) is 12.5. The molecule has 1 unspecified atom stereocenters. The predicted octanol–water partition coefficient (Wildman–Crippen LogP) is 1.23. The zero-order valence-electron chi connectivity index (χ0n) is 12.7. The third kappa shape index (κ3) is 4.05. The molecule has 0 aliphatic rings. The molecule has 0 saturated carbocycles. The van der Waals surface area contributed by atoms with Gasteiger partial charge in [0.05, 0.1) is 23.6 Å². The quantitative estimate of drug-likeness (QED) is 0.853. The van der Waals surface area contributed by atoms with Crippen LogP contribution in [0.2, 0.25) is 0 Å². The first kappa shape index (κ1) is 16.9. The minimum absolute atomic E-state index is 0.0972. The predicted molar refractivity (Wildman–Crippen MR) is 84.5 cm³/mol. The van der Waals surface area contributed by atoms with E-state index in [4.69, 9.17) is 9.88 Å². The molecule has 7 nitrogen and oxygen atoms in total. The first-order valence-electron chi connectivity index (χ1n) is 6.74. The molecular weight excluding hydrogens is 318 g/mol. The van der Waals surface area contributed by atoms with Crippen LogP contribution in [0, 0.1) is 0 Å². The number of methoxy groups -OCH3 is 1. The number of carbonyl (C=O) groups is 1. The van der Waals surface area contributed by atoms with Gasteiger partial charge in [-0.3, -0.25) is 9.78 Å². The van der Waals surface area contributed by atoms with Crippen LogP contribution in [0.4, 0.5) is 0 Å². The number of hydrogen-bond donors (Lipinski definition) is 2. The number of nitrogens with zero attached hydrogens (tertiary/aromatic N) is 1. The van der Waals surface area contributed by atoms with E-state index in [2.05, 4.69) is 10.3 Å². The van der Waals surface area contributed by atoms with Crippen LogP contribution >= 0.6 is 0 Å². The van der Waals surface area contributed by atoms with Gasteiger partial charge in [-0.2, -0.15) is 0 Å². The SMILES string of the molecule is COc1ccc(S(N)(=O)=O)cc1C(=O)NC(C)c1ccncc1. The lowest BCUT2D eigenvalue weighted by molar-refractivity contribution is 0.0936. The van der Waals surface area contributed by atoms with Gasteiger partial charge in [0.15, 0.2) is 0 Å². The number of primary sulfonamides is 1. The Morgan fingerprint density at radius 2 is 1.91 bits per heavy atom. The van der Waals surface area contributed by atoms with E-state index in [1.807, 2.05) is 6.92 Å². The fraction of sp³-hybridized carbons (Fsp3) is 0.200. The molecule has 23 heavy (non-hydrogen) atoms. The number of hydrogen-bond acceptors (Lipinski definition) is 5. The van der Waals surface area contributed by atoms with Crippen LogP contribution in [0.1, 0.15) is 28.9 Å². The van der Waals surface area contributed by atoms with Gasteiger partial charge in [-0.15, -0.1) is 0 Å². The molecule has 0 spiro atoms. The van der Waals surface area contributed by atoms with E-state index in [1.54, 1.807) is 24.5 Å². The third-order valence-electron chi connectivity index (χ3n) is 3.30. The Labute approximate surface area is 134 Å². The molecule has 2 rings (SSSR count). The van der Waals surface area contributed by atoms with Crippen molar-refractivity contribution in [1.29, 1.82) is 0 Å². The third-order valence-corrected chi connectivity index (χ3v) is 4.21. The van der Waals surface area contributed by atoms with Gasteiger partial charge in [-0.25, -0.2) is 13.6 Å². The van der Waals surface area contributed by atoms with Crippen molar-refractivity contribution < 1.29 is 17.9 Å². The average Bonchev–Trinajstić information content (AvgIpc) is 2.54. The van der Waals surface area contributed by atoms with E-state index in [0.717, 1.165) is 5.56 Å². The van der Waals surface area contributed by atoms with Crippen molar-refractivity contribution in [3.05, 3.63) is 53.9 Å². The Bertz CT molecular complexity index is 807. The molecule has 1 aromatic heterocycles. The van der Waals surface area contributed by atoms with Crippen LogP contribution in [0.5, 0.6) is 5.75 Å². The van der Waals surface area contributed by atoms with Crippen LogP contribution in [-0.4, -0.2) is 26.4 Å². The van der Waals surface area contributed by atoms with Crippen molar-refractivity contribution in [3.8, 4) is 5.75 Å². The molecule has 0 radical (unpaired) electrons. The maximum absolute atomic E-state index is 12.4. The van der Waals surface area contributed by atoms with Crippen molar-refractivity contribution in [1.82, 2.24) is 10.3 Å². The molecule has 1 atom stereocenters. The highest BCUT2D eigenvalue weighted by Crippen LogP contribution is 2.23. The molecular formula is C15H17N3O4S. The molecule has 0 aliphatic heterocycles. The summed E-state index contributed by atoms with van der Waals surface area (Å²) in [5.74, 6) is -0.200. The van der Waals surface area contributed by atoms with E-state index in [0.29, 0.717) is 0 Å². The van der Waals surface area contributed by atoms with E-state index in [9.17, 15) is 13.2 Å². The summed E-state index contributed by atoms with van der Waals surface area (Å²) in [6.07, 6.45) is 3.25. The summed E-state index contributed by atoms with van der Waals surface area (Å²) in [5.41, 5.74) is 0.967. The van der Waals surface area contributed by atoms with Gasteiger partial charge < -0.3 is 10.1 Å². The summed E-state index contributed by atoms with van der Waals surface area (Å²) in [5, 5.41) is 7.89. The standard InChI is InChI=1S/C15H17N3O4S/c1-10(11-5-7-17-8-6-11)18-15(19)13-9-12(23(16,20)21)3-4-14(13)22-2/h3-10H,1-2H3,(H,18,19)(H2,16,20,21). The lowest BCUT2D eigenvalue weighted by atomic mass is 10.1. The zero-order chi connectivity index (χ0) is 17.0. The van der Waals surface area contributed by atoms with Crippen molar-refractivity contribution >= 4 is 15.9 Å². The maximum atomic E-state index is 12.4. The molecule has 3 N–H and O–H groups in total. The zero-order valence-corrected chi connectivity index (χ0v) is 13.5. The summed E-state index contributed by atoms with van der Waals surface area (Å²) >= 11 is 0. The maximum Gasteiger partial charge on any atom is 0.255 e. The van der Waals surface area contributed by atoms with Crippen LogP contribution in [0.15, 0.2) is 47.6 Å². The molecule has 1 heterocycles. The lowest BCUT2D eigenvalue weighted by Crippen LogP contribution is -2.27. The number of ether oxygens (including phenoxy) is 1. The fourth-order valence-electron chi connectivity index (χ4n) is 2.05. The van der Waals surface area contributed by atoms with E-state index >= 15 is 0 Å². The van der Waals surface area contributed by atoms with E-state index in [-0.39, 0.29) is 22.3 Å². The van der Waals surface area contributed by atoms with Crippen molar-refractivity contribution in [3.63, 3.8) is 0 Å². The number of nitrogens with one attached hydrogen (secondary N) is 1. The fourth-order valence-corrected chi connectivity index (χ4v) is 2.59. The largest absolute Gasteiger partial charge is 0.496 e. The Morgan fingerprint density at radius 1 is 1.26 bits per heavy atom. The number of amides is 1. The molecule has 122 valence electrons. The summed E-state index contributed by atoms with van der Waals surface area (Å²) < 4.78 is 28.0. The molecule has 0 aliphatic carbocycles. The number of aromatic nitrogens is 1. The monoisotopic (exact) mass is 335 g/mol. The van der Waals surface area contributed by atoms with E-state index in [1.165, 1.54) is 25.3 Å². The summed E-state index contributed by atoms with van der Waals surface area (Å²) in [7, 11) is -2.51. The van der Waals surface area contributed by atoms with Crippen LogP contribution in [0.3, 0.4) is 0 Å². The second-order valence-corrected chi connectivity index (χ2v) is 6.44. The Balaban J connectivity index is 2.31. The first-order valence-corrected chi connectivity index (χ1v) is 8.29. The molecule has 0 bridgehead atoms. The lowest BCUT2D eigenvalue weighted by Gasteiger charge is -2.16. The Kier molecular flexibility index (Phi) is 4.97. The van der Waals surface area contributed by atoms with Crippen LogP contribution in [-0.2, 0) is 10.0 Å². The highest BCUT2D eigenvalue weighted by Gasteiger charge is 2.19. The number of sulfonamides is 1. The summed E-state index contributed by atoms with van der Waals surface area (Å²) in [6.45, 7) is 1.81. The van der Waals surface area contributed by atoms with Gasteiger partial charge in [-0.1, -0.05) is 0 Å². The molecule has 0 saturated heterocycles. The minimum Gasteiger partial charge on any atom is -0.496 e. The van der Waals surface area contributed by atoms with Gasteiger partial charge in [-0.05, 0) is 42.8 Å². The number of rotatable bonds is 5. The molecule has 8 heteroatoms. The Hall–Kier alpha value is -2.45. The second kappa shape index (κ2) is 6.76. The van der Waals surface area contributed by atoms with Crippen molar-refractivity contribution in [2.45, 2.75) is 17.9 Å². The summed E-state index contributed by atoms with van der Waals surface area (Å²) in [4.78, 5) is 16.2. The smallest absolute Gasteiger partial charge is 0.255 e. The summed E-state index contributed by atoms with van der Waals surface area (Å²) in [6, 6.07) is 7.16. The second-order valence-electron chi connectivity index (χ2n) is 4.88. The average molecular weight is 335 g/mol. The number of carbonyl (C=O) groups excluding carboxylic acids is 1. The molecule has 2 aromatic rings. The van der Waals surface area contributed by atoms with Gasteiger partial charge in [0.2, 0.25) is 10.0 Å². The Morgan fingerprint density at radius 3 is 2.48 bits per heavy atom. The van der Waals surface area contributed by atoms with Crippen LogP contribution < -0.4 is 15.2 Å². The van der Waals surface area contributed by atoms with Gasteiger partial charge in [0.25, 0.3) is 5.91 Å². The number of benzene rings is 1. The highest BCUT2D eigenvalue weighted by molar-refractivity contribution is 7.89.